The number of hydroxylamine groups is 3. The highest BCUT2D eigenvalue weighted by atomic mass is 16.5. The summed E-state index contributed by atoms with van der Waals surface area (Å²) in [6.07, 6.45) is 14.3. The maximum Gasteiger partial charge on any atom is 0.224 e. The summed E-state index contributed by atoms with van der Waals surface area (Å²) in [6.45, 7) is 4.01. The van der Waals surface area contributed by atoms with E-state index in [-0.39, 0.29) is 12.1 Å². The van der Waals surface area contributed by atoms with Gasteiger partial charge < -0.3 is 15.2 Å². The van der Waals surface area contributed by atoms with Crippen LogP contribution in [0.5, 0.6) is 0 Å². The summed E-state index contributed by atoms with van der Waals surface area (Å²) in [5.41, 5.74) is 0. The minimum atomic E-state index is -0.482. The van der Waals surface area contributed by atoms with E-state index in [9.17, 15) is 10.0 Å². The van der Waals surface area contributed by atoms with E-state index in [4.69, 9.17) is 0 Å². The lowest BCUT2D eigenvalue weighted by atomic mass is 10.1. The van der Waals surface area contributed by atoms with Crippen molar-refractivity contribution in [3.8, 4) is 0 Å². The van der Waals surface area contributed by atoms with Gasteiger partial charge in [-0.05, 0) is 6.42 Å². The molecule has 0 bridgehead atoms. The number of carbonyl (C=O) groups is 1. The fourth-order valence-electron chi connectivity index (χ4n) is 2.41. The van der Waals surface area contributed by atoms with E-state index in [0.29, 0.717) is 6.42 Å². The summed E-state index contributed by atoms with van der Waals surface area (Å²) in [5, 5.41) is 14.4. The summed E-state index contributed by atoms with van der Waals surface area (Å²) in [4.78, 5) is 11.7. The summed E-state index contributed by atoms with van der Waals surface area (Å²) in [7, 11) is 3.10. The Morgan fingerprint density at radius 2 is 1.32 bits per heavy atom. The van der Waals surface area contributed by atoms with E-state index in [1.807, 2.05) is 0 Å². The maximum absolute atomic E-state index is 11.7. The smallest absolute Gasteiger partial charge is 0.224 e. The van der Waals surface area contributed by atoms with Crippen LogP contribution in [0.2, 0.25) is 0 Å². The van der Waals surface area contributed by atoms with Gasteiger partial charge in [0.25, 0.3) is 0 Å². The van der Waals surface area contributed by atoms with Crippen molar-refractivity contribution in [3.63, 3.8) is 0 Å². The second kappa shape index (κ2) is 12.9. The largest absolute Gasteiger partial charge is 0.632 e. The normalized spacial score (nSPS) is 13.1. The van der Waals surface area contributed by atoms with Gasteiger partial charge >= 0.3 is 0 Å². The Morgan fingerprint density at radius 1 is 0.909 bits per heavy atom. The van der Waals surface area contributed by atoms with Crippen LogP contribution in [0.1, 0.15) is 90.9 Å². The highest BCUT2D eigenvalue weighted by Gasteiger charge is 2.16. The molecule has 4 heteroatoms. The predicted octanol–water partition coefficient (Wildman–Crippen LogP) is 4.72. The molecule has 0 aromatic heterocycles. The van der Waals surface area contributed by atoms with Gasteiger partial charge in [0.1, 0.15) is 0 Å². The van der Waals surface area contributed by atoms with Crippen LogP contribution >= 0.6 is 0 Å². The van der Waals surface area contributed by atoms with Gasteiger partial charge in [-0.3, -0.25) is 4.79 Å². The van der Waals surface area contributed by atoms with Crippen molar-refractivity contribution >= 4 is 5.91 Å². The summed E-state index contributed by atoms with van der Waals surface area (Å²) >= 11 is 0. The van der Waals surface area contributed by atoms with Crippen molar-refractivity contribution in [3.05, 3.63) is 5.21 Å². The van der Waals surface area contributed by atoms with Gasteiger partial charge in [-0.15, -0.1) is 0 Å². The molecule has 132 valence electrons. The van der Waals surface area contributed by atoms with Gasteiger partial charge in [0.2, 0.25) is 5.91 Å². The number of nitrogens with zero attached hydrogens (tertiary/aromatic N) is 1. The predicted molar refractivity (Wildman–Crippen MR) is 94.2 cm³/mol. The molecule has 1 amide bonds. The van der Waals surface area contributed by atoms with Crippen LogP contribution in [0, 0.1) is 5.21 Å². The Labute approximate surface area is 137 Å². The number of amides is 1. The lowest BCUT2D eigenvalue weighted by Gasteiger charge is -2.39. The average Bonchev–Trinajstić information content (AvgIpc) is 2.43. The van der Waals surface area contributed by atoms with E-state index in [1.54, 1.807) is 21.0 Å². The Kier molecular flexibility index (Phi) is 12.5. The highest BCUT2D eigenvalue weighted by Crippen LogP contribution is 2.12. The van der Waals surface area contributed by atoms with Gasteiger partial charge in [0.05, 0.1) is 14.1 Å². The van der Waals surface area contributed by atoms with E-state index >= 15 is 0 Å². The van der Waals surface area contributed by atoms with Crippen molar-refractivity contribution in [2.45, 2.75) is 97.1 Å². The van der Waals surface area contributed by atoms with Crippen LogP contribution in [0.4, 0.5) is 0 Å². The first-order valence-electron chi connectivity index (χ1n) is 9.22. The summed E-state index contributed by atoms with van der Waals surface area (Å²) in [6, 6.07) is 0. The molecule has 0 saturated heterocycles. The second-order valence-electron chi connectivity index (χ2n) is 6.96. The van der Waals surface area contributed by atoms with Gasteiger partial charge in [0, 0.05) is 13.3 Å². The van der Waals surface area contributed by atoms with Crippen molar-refractivity contribution < 1.29 is 9.44 Å². The van der Waals surface area contributed by atoms with Crippen LogP contribution in [-0.2, 0) is 4.79 Å². The molecule has 0 saturated carbocycles. The molecule has 0 fully saturated rings. The molecule has 22 heavy (non-hydrogen) atoms. The number of nitrogens with one attached hydrogen (secondary N) is 1. The first-order valence-corrected chi connectivity index (χ1v) is 9.22. The average molecular weight is 315 g/mol. The first-order chi connectivity index (χ1) is 10.4. The van der Waals surface area contributed by atoms with Gasteiger partial charge in [0.15, 0.2) is 6.17 Å². The lowest BCUT2D eigenvalue weighted by Crippen LogP contribution is -2.52. The second-order valence-corrected chi connectivity index (χ2v) is 6.96. The van der Waals surface area contributed by atoms with Crippen LogP contribution in [0.15, 0.2) is 0 Å². The fourth-order valence-corrected chi connectivity index (χ4v) is 2.41. The van der Waals surface area contributed by atoms with Crippen molar-refractivity contribution in [2.24, 2.45) is 0 Å². The number of unbranched alkanes of at least 4 members (excludes halogenated alkanes) is 10. The van der Waals surface area contributed by atoms with Crippen molar-refractivity contribution in [2.75, 3.05) is 14.1 Å². The van der Waals surface area contributed by atoms with E-state index in [0.717, 1.165) is 12.8 Å². The maximum atomic E-state index is 11.7. The van der Waals surface area contributed by atoms with E-state index in [2.05, 4.69) is 12.2 Å². The lowest BCUT2D eigenvalue weighted by molar-refractivity contribution is -0.866. The molecule has 0 heterocycles. The van der Waals surface area contributed by atoms with Crippen LogP contribution in [-0.4, -0.2) is 30.8 Å². The van der Waals surface area contributed by atoms with Gasteiger partial charge in [-0.1, -0.05) is 71.1 Å². The molecule has 1 unspecified atom stereocenters. The molecule has 0 spiro atoms. The molecule has 1 N–H and O–H groups in total. The highest BCUT2D eigenvalue weighted by molar-refractivity contribution is 5.75. The molecular weight excluding hydrogens is 276 g/mol. The van der Waals surface area contributed by atoms with Crippen LogP contribution < -0.4 is 5.32 Å². The third-order valence-corrected chi connectivity index (χ3v) is 4.31. The van der Waals surface area contributed by atoms with E-state index in [1.165, 1.54) is 57.8 Å². The molecule has 0 aliphatic heterocycles. The zero-order chi connectivity index (χ0) is 16.8. The number of hydrogen-bond donors (Lipinski definition) is 1. The number of hydrogen-bond acceptors (Lipinski definition) is 2. The molecule has 0 aliphatic rings. The number of quaternary nitrogens is 1. The van der Waals surface area contributed by atoms with Gasteiger partial charge in [-0.2, -0.15) is 0 Å². The van der Waals surface area contributed by atoms with Crippen molar-refractivity contribution in [1.82, 2.24) is 5.32 Å². The van der Waals surface area contributed by atoms with Crippen molar-refractivity contribution in [1.29, 1.82) is 0 Å². The standard InChI is InChI=1S/C18H38N2O2/c1-5-6-7-8-9-10-11-12-13-14-15-16-18(21)19-17(2)20(3,4)22/h17H,5-16H2,1-4H3,(H,19,21). The SMILES string of the molecule is CCCCCCCCCCCCCC(=O)NC(C)[N+](C)(C)[O-]. The number of rotatable bonds is 14. The first kappa shape index (κ1) is 21.4. The molecule has 0 radical (unpaired) electrons. The monoisotopic (exact) mass is 314 g/mol. The topological polar surface area (TPSA) is 52.2 Å². The Hall–Kier alpha value is -0.610. The third-order valence-electron chi connectivity index (χ3n) is 4.31. The Morgan fingerprint density at radius 3 is 1.73 bits per heavy atom. The Balaban J connectivity index is 3.34. The van der Waals surface area contributed by atoms with Gasteiger partial charge in [-0.25, -0.2) is 0 Å². The summed E-state index contributed by atoms with van der Waals surface area (Å²) < 4.78 is -0.482. The number of carbonyl (C=O) groups excluding carboxylic acids is 1. The molecule has 4 nitrogen and oxygen atoms in total. The van der Waals surface area contributed by atoms with Crippen LogP contribution in [0.25, 0.3) is 0 Å². The molecule has 0 aromatic rings. The third kappa shape index (κ3) is 13.1. The zero-order valence-corrected chi connectivity index (χ0v) is 15.3. The van der Waals surface area contributed by atoms with Crippen LogP contribution in [0.3, 0.4) is 0 Å². The quantitative estimate of drug-likeness (QED) is 0.218. The minimum Gasteiger partial charge on any atom is -0.632 e. The molecule has 0 aliphatic carbocycles. The van der Waals surface area contributed by atoms with E-state index < -0.39 is 4.65 Å². The minimum absolute atomic E-state index is 0.00507. The summed E-state index contributed by atoms with van der Waals surface area (Å²) in [5.74, 6) is 0.00507. The fraction of sp³-hybridized carbons (Fsp3) is 0.944. The Bertz CT molecular complexity index is 275. The molecule has 0 aromatic carbocycles. The molecule has 0 rings (SSSR count). The molecular formula is C18H38N2O2. The zero-order valence-electron chi connectivity index (χ0n) is 15.3. The molecule has 1 atom stereocenters.